The van der Waals surface area contributed by atoms with Gasteiger partial charge in [0.15, 0.2) is 5.82 Å². The van der Waals surface area contributed by atoms with E-state index in [0.29, 0.717) is 35.4 Å². The van der Waals surface area contributed by atoms with E-state index in [0.717, 1.165) is 0 Å². The highest BCUT2D eigenvalue weighted by Crippen LogP contribution is 2.25. The average molecular weight is 296 g/mol. The number of carbonyl (C=O) groups is 1. The Hall–Kier alpha value is -1.92. The fraction of sp³-hybridized carbons (Fsp3) is 0.308. The van der Waals surface area contributed by atoms with Gasteiger partial charge in [-0.25, -0.2) is 0 Å². The van der Waals surface area contributed by atoms with Gasteiger partial charge in [-0.1, -0.05) is 28.9 Å². The molecule has 1 N–H and O–H groups in total. The molecule has 20 heavy (non-hydrogen) atoms. The van der Waals surface area contributed by atoms with Crippen molar-refractivity contribution in [1.29, 1.82) is 0 Å². The second kappa shape index (κ2) is 6.49. The fourth-order valence-corrected chi connectivity index (χ4v) is 1.89. The normalized spacial score (nSPS) is 10.9. The van der Waals surface area contributed by atoms with Crippen molar-refractivity contribution < 1.29 is 14.4 Å². The summed E-state index contributed by atoms with van der Waals surface area (Å²) in [6.45, 7) is 0.840. The molecule has 2 rings (SSSR count). The van der Waals surface area contributed by atoms with Gasteiger partial charge in [-0.2, -0.15) is 4.98 Å². The summed E-state index contributed by atoms with van der Waals surface area (Å²) in [5, 5.41) is 13.0. The van der Waals surface area contributed by atoms with Crippen molar-refractivity contribution in [3.05, 3.63) is 35.1 Å². The molecule has 0 saturated heterocycles. The molecule has 0 amide bonds. The third-order valence-corrected chi connectivity index (χ3v) is 3.02. The molecular weight excluding hydrogens is 282 g/mol. The van der Waals surface area contributed by atoms with E-state index in [4.69, 9.17) is 21.2 Å². The monoisotopic (exact) mass is 295 g/mol. The van der Waals surface area contributed by atoms with E-state index in [2.05, 4.69) is 10.1 Å². The Labute approximate surface area is 121 Å². The molecule has 7 heteroatoms. The first-order valence-corrected chi connectivity index (χ1v) is 6.42. The van der Waals surface area contributed by atoms with Crippen LogP contribution in [0.3, 0.4) is 0 Å². The number of carboxylic acids is 1. The summed E-state index contributed by atoms with van der Waals surface area (Å²) in [6, 6.07) is 7.21. The van der Waals surface area contributed by atoms with Crippen molar-refractivity contribution in [3.63, 3.8) is 0 Å². The number of rotatable bonds is 6. The first-order chi connectivity index (χ1) is 9.56. The molecular formula is C13H14ClN3O3. The second-order valence-corrected chi connectivity index (χ2v) is 4.78. The van der Waals surface area contributed by atoms with Crippen molar-refractivity contribution in [2.75, 3.05) is 13.6 Å². The lowest BCUT2D eigenvalue weighted by molar-refractivity contribution is -0.137. The molecule has 1 aromatic heterocycles. The van der Waals surface area contributed by atoms with Gasteiger partial charge in [-0.15, -0.1) is 0 Å². The van der Waals surface area contributed by atoms with Gasteiger partial charge < -0.3 is 9.63 Å². The standard InChI is InChI=1S/C13H14ClN3O3/c1-17(7-6-12(18)19)8-11-15-13(20-16-11)9-4-2-3-5-10(9)14/h2-5H,6-8H2,1H3,(H,18,19). The van der Waals surface area contributed by atoms with Crippen LogP contribution in [0.1, 0.15) is 12.2 Å². The molecule has 0 radical (unpaired) electrons. The molecule has 0 atom stereocenters. The summed E-state index contributed by atoms with van der Waals surface area (Å²) in [5.41, 5.74) is 0.682. The maximum atomic E-state index is 10.5. The number of carboxylic acid groups (broad SMARTS) is 1. The van der Waals surface area contributed by atoms with Gasteiger partial charge in [0.25, 0.3) is 5.89 Å². The Morgan fingerprint density at radius 1 is 1.45 bits per heavy atom. The zero-order valence-corrected chi connectivity index (χ0v) is 11.7. The van der Waals surface area contributed by atoms with Gasteiger partial charge in [0, 0.05) is 6.54 Å². The second-order valence-electron chi connectivity index (χ2n) is 4.38. The van der Waals surface area contributed by atoms with Crippen LogP contribution in [0, 0.1) is 0 Å². The van der Waals surface area contributed by atoms with E-state index in [1.54, 1.807) is 19.2 Å². The van der Waals surface area contributed by atoms with Crippen LogP contribution in [0.4, 0.5) is 0 Å². The third-order valence-electron chi connectivity index (χ3n) is 2.69. The highest BCUT2D eigenvalue weighted by atomic mass is 35.5. The zero-order chi connectivity index (χ0) is 14.5. The first kappa shape index (κ1) is 14.5. The van der Waals surface area contributed by atoms with Crippen molar-refractivity contribution in [2.24, 2.45) is 0 Å². The van der Waals surface area contributed by atoms with Crippen LogP contribution >= 0.6 is 11.6 Å². The molecule has 0 aliphatic carbocycles. The summed E-state index contributed by atoms with van der Waals surface area (Å²) in [5.74, 6) is 0.0201. The SMILES string of the molecule is CN(CCC(=O)O)Cc1noc(-c2ccccc2Cl)n1. The molecule has 1 aromatic carbocycles. The predicted molar refractivity (Wildman–Crippen MR) is 73.3 cm³/mol. The number of aliphatic carboxylic acids is 1. The molecule has 1 heterocycles. The first-order valence-electron chi connectivity index (χ1n) is 6.04. The Kier molecular flexibility index (Phi) is 4.70. The minimum atomic E-state index is -0.832. The minimum absolute atomic E-state index is 0.0751. The van der Waals surface area contributed by atoms with E-state index in [1.165, 1.54) is 0 Å². The van der Waals surface area contributed by atoms with Crippen molar-refractivity contribution in [1.82, 2.24) is 15.0 Å². The lowest BCUT2D eigenvalue weighted by Gasteiger charge is -2.11. The number of hydrogen-bond acceptors (Lipinski definition) is 5. The van der Waals surface area contributed by atoms with Crippen molar-refractivity contribution in [2.45, 2.75) is 13.0 Å². The minimum Gasteiger partial charge on any atom is -0.481 e. The van der Waals surface area contributed by atoms with E-state index in [-0.39, 0.29) is 6.42 Å². The lowest BCUT2D eigenvalue weighted by atomic mass is 10.2. The predicted octanol–water partition coefficient (Wildman–Crippen LogP) is 2.30. The van der Waals surface area contributed by atoms with Gasteiger partial charge in [0.2, 0.25) is 0 Å². The largest absolute Gasteiger partial charge is 0.481 e. The third kappa shape index (κ3) is 3.79. The Morgan fingerprint density at radius 2 is 2.20 bits per heavy atom. The van der Waals surface area contributed by atoms with Gasteiger partial charge >= 0.3 is 5.97 Å². The van der Waals surface area contributed by atoms with Crippen LogP contribution in [-0.4, -0.2) is 39.7 Å². The van der Waals surface area contributed by atoms with Gasteiger partial charge in [-0.3, -0.25) is 9.69 Å². The molecule has 2 aromatic rings. The fourth-order valence-electron chi connectivity index (χ4n) is 1.67. The molecule has 0 spiro atoms. The summed E-state index contributed by atoms with van der Waals surface area (Å²) in [4.78, 5) is 16.6. The number of nitrogens with zero attached hydrogens (tertiary/aromatic N) is 3. The summed E-state index contributed by atoms with van der Waals surface area (Å²) in [7, 11) is 1.80. The maximum Gasteiger partial charge on any atom is 0.304 e. The highest BCUT2D eigenvalue weighted by molar-refractivity contribution is 6.33. The maximum absolute atomic E-state index is 10.5. The Bertz CT molecular complexity index is 600. The molecule has 0 aliphatic heterocycles. The highest BCUT2D eigenvalue weighted by Gasteiger charge is 2.13. The Balaban J connectivity index is 2.02. The average Bonchev–Trinajstić information content (AvgIpc) is 2.85. The lowest BCUT2D eigenvalue weighted by Crippen LogP contribution is -2.21. The number of halogens is 1. The van der Waals surface area contributed by atoms with Crippen LogP contribution in [0.15, 0.2) is 28.8 Å². The number of hydrogen-bond donors (Lipinski definition) is 1. The van der Waals surface area contributed by atoms with Crippen LogP contribution in [0.2, 0.25) is 5.02 Å². The topological polar surface area (TPSA) is 79.5 Å². The Morgan fingerprint density at radius 3 is 2.90 bits per heavy atom. The van der Waals surface area contributed by atoms with E-state index in [9.17, 15) is 4.79 Å². The van der Waals surface area contributed by atoms with Crippen LogP contribution < -0.4 is 0 Å². The molecule has 0 bridgehead atoms. The molecule has 0 aliphatic rings. The van der Waals surface area contributed by atoms with Crippen molar-refractivity contribution >= 4 is 17.6 Å². The molecule has 0 saturated carbocycles. The van der Waals surface area contributed by atoms with Crippen LogP contribution in [0.25, 0.3) is 11.5 Å². The summed E-state index contributed by atoms with van der Waals surface area (Å²) >= 11 is 6.05. The van der Waals surface area contributed by atoms with Gasteiger partial charge in [-0.05, 0) is 19.2 Å². The number of benzene rings is 1. The van der Waals surface area contributed by atoms with Gasteiger partial charge in [0.05, 0.1) is 23.6 Å². The molecule has 106 valence electrons. The van der Waals surface area contributed by atoms with Gasteiger partial charge in [0.1, 0.15) is 0 Å². The molecule has 0 unspecified atom stereocenters. The zero-order valence-electron chi connectivity index (χ0n) is 10.9. The van der Waals surface area contributed by atoms with Crippen LogP contribution in [0.5, 0.6) is 0 Å². The smallest absolute Gasteiger partial charge is 0.304 e. The number of aromatic nitrogens is 2. The quantitative estimate of drug-likeness (QED) is 0.881. The van der Waals surface area contributed by atoms with E-state index in [1.807, 2.05) is 17.0 Å². The summed E-state index contributed by atoms with van der Waals surface area (Å²) in [6.07, 6.45) is 0.0751. The van der Waals surface area contributed by atoms with Crippen molar-refractivity contribution in [3.8, 4) is 11.5 Å². The molecule has 0 fully saturated rings. The summed E-state index contributed by atoms with van der Waals surface area (Å²) < 4.78 is 5.17. The van der Waals surface area contributed by atoms with E-state index < -0.39 is 5.97 Å². The van der Waals surface area contributed by atoms with E-state index >= 15 is 0 Å². The molecule has 6 nitrogen and oxygen atoms in total. The van der Waals surface area contributed by atoms with Crippen LogP contribution in [-0.2, 0) is 11.3 Å².